The first-order chi connectivity index (χ1) is 20.7. The molecule has 8 heteroatoms. The number of hydrogen-bond acceptors (Lipinski definition) is 6. The Bertz CT molecular complexity index is 1820. The lowest BCUT2D eigenvalue weighted by atomic mass is 9.91. The van der Waals surface area contributed by atoms with Crippen LogP contribution in [-0.4, -0.2) is 28.1 Å². The van der Waals surface area contributed by atoms with Crippen molar-refractivity contribution in [3.8, 4) is 32.8 Å². The second-order valence-corrected chi connectivity index (χ2v) is 14.7. The largest absolute Gasteiger partial charge is 0.462 e. The minimum absolute atomic E-state index is 0.0858. The van der Waals surface area contributed by atoms with Gasteiger partial charge in [0.25, 0.3) is 0 Å². The number of aromatic nitrogens is 2. The van der Waals surface area contributed by atoms with Crippen molar-refractivity contribution in [2.24, 2.45) is 5.41 Å². The Morgan fingerprint density at radius 3 is 2.23 bits per heavy atom. The minimum Gasteiger partial charge on any atom is -0.462 e. The lowest BCUT2D eigenvalue weighted by Gasteiger charge is -2.31. The van der Waals surface area contributed by atoms with Crippen molar-refractivity contribution in [2.45, 2.75) is 60.2 Å². The fraction of sp³-hybridized carbons (Fsp3) is 0.306. The highest BCUT2D eigenvalue weighted by Gasteiger charge is 2.31. The molecule has 5 aromatic rings. The normalized spacial score (nSPS) is 12.8. The number of rotatable bonds is 7. The van der Waals surface area contributed by atoms with Crippen LogP contribution in [0.3, 0.4) is 0 Å². The zero-order valence-electron chi connectivity index (χ0n) is 26.0. The molecule has 2 aromatic heterocycles. The topological polar surface area (TPSA) is 61.3 Å². The molecule has 0 unspecified atom stereocenters. The molecule has 0 fully saturated rings. The number of halogens is 2. The number of nitrogens with zero attached hydrogens (tertiary/aromatic N) is 2. The maximum Gasteiger partial charge on any atom is 0.311 e. The average Bonchev–Trinajstić information content (AvgIpc) is 3.37. The molecule has 0 aliphatic rings. The van der Waals surface area contributed by atoms with Crippen LogP contribution in [0.25, 0.3) is 43.0 Å². The van der Waals surface area contributed by atoms with Crippen LogP contribution in [0, 0.1) is 12.3 Å². The van der Waals surface area contributed by atoms with Crippen molar-refractivity contribution in [1.29, 1.82) is 0 Å². The number of hydrogen-bond donors (Lipinski definition) is 0. The fourth-order valence-electron chi connectivity index (χ4n) is 5.04. The number of aryl methyl sites for hydroxylation is 1. The van der Waals surface area contributed by atoms with E-state index >= 15 is 0 Å². The molecule has 44 heavy (non-hydrogen) atoms. The highest BCUT2D eigenvalue weighted by Crippen LogP contribution is 2.45. The summed E-state index contributed by atoms with van der Waals surface area (Å²) in [5.74, 6) is -0.276. The van der Waals surface area contributed by atoms with Crippen LogP contribution in [0.5, 0.6) is 0 Å². The molecule has 0 aliphatic carbocycles. The molecule has 0 amide bonds. The van der Waals surface area contributed by atoms with Crippen LogP contribution in [0.15, 0.2) is 72.9 Å². The molecule has 5 nitrogen and oxygen atoms in total. The van der Waals surface area contributed by atoms with E-state index in [-0.39, 0.29) is 12.6 Å². The lowest BCUT2D eigenvalue weighted by molar-refractivity contribution is -0.162. The van der Waals surface area contributed by atoms with Crippen molar-refractivity contribution in [1.82, 2.24) is 9.97 Å². The van der Waals surface area contributed by atoms with Crippen LogP contribution in [-0.2, 0) is 14.3 Å². The Kier molecular flexibility index (Phi) is 9.20. The third-order valence-corrected chi connectivity index (χ3v) is 8.62. The molecule has 0 saturated carbocycles. The van der Waals surface area contributed by atoms with Crippen LogP contribution in [0.4, 0.5) is 0 Å². The first-order valence-electron chi connectivity index (χ1n) is 14.5. The van der Waals surface area contributed by atoms with Gasteiger partial charge < -0.3 is 9.47 Å². The second-order valence-electron chi connectivity index (χ2n) is 12.9. The third-order valence-electron chi connectivity index (χ3n) is 7.03. The van der Waals surface area contributed by atoms with Crippen molar-refractivity contribution >= 4 is 50.7 Å². The standard InChI is InChI=1S/C36H36Cl2N2O3S/c1-21-17-27-32(44-33(40-27)25-10-8-9-23(18-25)24-15-16-39-29(38)19-24)31(22-11-13-26(37)14-12-22)30(21)28(43-36(5,6)7)20-42-34(41)35(2,3)4/h8-19,28H,20H2,1-7H3/t28-/m0/s1. The quantitative estimate of drug-likeness (QED) is 0.130. The minimum atomic E-state index is -0.632. The Labute approximate surface area is 273 Å². The van der Waals surface area contributed by atoms with Crippen LogP contribution < -0.4 is 0 Å². The Balaban J connectivity index is 1.69. The van der Waals surface area contributed by atoms with Gasteiger partial charge in [-0.2, -0.15) is 0 Å². The number of thiazole rings is 1. The predicted molar refractivity (Wildman–Crippen MR) is 182 cm³/mol. The molecule has 0 aliphatic heterocycles. The summed E-state index contributed by atoms with van der Waals surface area (Å²) in [6, 6.07) is 22.0. The van der Waals surface area contributed by atoms with Crippen molar-refractivity contribution in [3.63, 3.8) is 0 Å². The number of benzene rings is 3. The SMILES string of the molecule is Cc1cc2nc(-c3cccc(-c4ccnc(Cl)c4)c3)sc2c(-c2ccc(Cl)cc2)c1[C@H](COC(=O)C(C)(C)C)OC(C)(C)C. The predicted octanol–water partition coefficient (Wildman–Crippen LogP) is 10.8. The van der Waals surface area contributed by atoms with E-state index < -0.39 is 17.1 Å². The van der Waals surface area contributed by atoms with Gasteiger partial charge in [-0.15, -0.1) is 11.3 Å². The molecular formula is C36H36Cl2N2O3S. The molecular weight excluding hydrogens is 611 g/mol. The summed E-state index contributed by atoms with van der Waals surface area (Å²) in [6.07, 6.45) is 1.20. The number of esters is 1. The summed E-state index contributed by atoms with van der Waals surface area (Å²) >= 11 is 14.1. The molecule has 3 aromatic carbocycles. The first kappa shape index (κ1) is 32.1. The van der Waals surface area contributed by atoms with E-state index in [9.17, 15) is 4.79 Å². The van der Waals surface area contributed by atoms with Gasteiger partial charge in [-0.3, -0.25) is 4.79 Å². The molecule has 0 saturated heterocycles. The molecule has 1 atom stereocenters. The zero-order valence-corrected chi connectivity index (χ0v) is 28.3. The first-order valence-corrected chi connectivity index (χ1v) is 16.0. The maximum absolute atomic E-state index is 12.9. The average molecular weight is 648 g/mol. The molecule has 0 spiro atoms. The van der Waals surface area contributed by atoms with E-state index in [4.69, 9.17) is 37.7 Å². The summed E-state index contributed by atoms with van der Waals surface area (Å²) in [7, 11) is 0. The number of ether oxygens (including phenoxy) is 2. The Morgan fingerprint density at radius 2 is 1.57 bits per heavy atom. The van der Waals surface area contributed by atoms with E-state index in [2.05, 4.69) is 36.2 Å². The monoisotopic (exact) mass is 646 g/mol. The van der Waals surface area contributed by atoms with Gasteiger partial charge in [0.05, 0.1) is 21.2 Å². The highest BCUT2D eigenvalue weighted by molar-refractivity contribution is 7.22. The fourth-order valence-corrected chi connectivity index (χ4v) is 6.46. The zero-order chi connectivity index (χ0) is 31.8. The number of fused-ring (bicyclic) bond motifs is 1. The summed E-state index contributed by atoms with van der Waals surface area (Å²) in [4.78, 5) is 22.1. The van der Waals surface area contributed by atoms with Crippen LogP contribution in [0.1, 0.15) is 58.8 Å². The van der Waals surface area contributed by atoms with Gasteiger partial charge in [0.15, 0.2) is 0 Å². The van der Waals surface area contributed by atoms with Crippen LogP contribution in [0.2, 0.25) is 10.2 Å². The number of pyridine rings is 1. The summed E-state index contributed by atoms with van der Waals surface area (Å²) in [6.45, 7) is 13.7. The van der Waals surface area contributed by atoms with Gasteiger partial charge in [-0.1, -0.05) is 53.5 Å². The molecule has 0 N–H and O–H groups in total. The van der Waals surface area contributed by atoms with Crippen molar-refractivity contribution in [3.05, 3.63) is 94.2 Å². The van der Waals surface area contributed by atoms with E-state index in [0.29, 0.717) is 10.2 Å². The summed E-state index contributed by atoms with van der Waals surface area (Å²) < 4.78 is 13.5. The Morgan fingerprint density at radius 1 is 0.886 bits per heavy atom. The lowest BCUT2D eigenvalue weighted by Crippen LogP contribution is -2.30. The van der Waals surface area contributed by atoms with E-state index in [1.54, 1.807) is 17.5 Å². The number of carbonyl (C=O) groups excluding carboxylic acids is 1. The van der Waals surface area contributed by atoms with Crippen molar-refractivity contribution < 1.29 is 14.3 Å². The molecule has 0 bridgehead atoms. The van der Waals surface area contributed by atoms with Crippen LogP contribution >= 0.6 is 34.5 Å². The Hall–Kier alpha value is -3.29. The second kappa shape index (κ2) is 12.6. The smallest absolute Gasteiger partial charge is 0.311 e. The van der Waals surface area contributed by atoms with Gasteiger partial charge >= 0.3 is 5.97 Å². The van der Waals surface area contributed by atoms with Gasteiger partial charge in [-0.05, 0) is 113 Å². The molecule has 5 rings (SSSR count). The highest BCUT2D eigenvalue weighted by atomic mass is 35.5. The third kappa shape index (κ3) is 7.32. The van der Waals surface area contributed by atoms with Crippen molar-refractivity contribution in [2.75, 3.05) is 6.61 Å². The van der Waals surface area contributed by atoms with Gasteiger partial charge in [-0.25, -0.2) is 9.97 Å². The molecule has 0 radical (unpaired) electrons. The number of carbonyl (C=O) groups is 1. The molecule has 2 heterocycles. The summed E-state index contributed by atoms with van der Waals surface area (Å²) in [5.41, 5.74) is 6.72. The van der Waals surface area contributed by atoms with E-state index in [1.165, 1.54) is 0 Å². The van der Waals surface area contributed by atoms with Gasteiger partial charge in [0, 0.05) is 22.3 Å². The maximum atomic E-state index is 12.9. The molecule has 228 valence electrons. The van der Waals surface area contributed by atoms with Gasteiger partial charge in [0.1, 0.15) is 22.9 Å². The summed E-state index contributed by atoms with van der Waals surface area (Å²) in [5, 5.41) is 1.99. The van der Waals surface area contributed by atoms with E-state index in [1.807, 2.05) is 84.0 Å². The van der Waals surface area contributed by atoms with Gasteiger partial charge in [0.2, 0.25) is 0 Å². The van der Waals surface area contributed by atoms with E-state index in [0.717, 1.165) is 54.2 Å².